The number of benzene rings is 2. The van der Waals surface area contributed by atoms with E-state index in [1.165, 1.54) is 36.8 Å². The molecule has 1 aliphatic carbocycles. The lowest BCUT2D eigenvalue weighted by molar-refractivity contribution is 0.146. The fourth-order valence-corrected chi connectivity index (χ4v) is 4.09. The molecular weight excluding hydrogens is 310 g/mol. The van der Waals surface area contributed by atoms with Gasteiger partial charge in [0, 0.05) is 6.54 Å². The van der Waals surface area contributed by atoms with E-state index in [-0.39, 0.29) is 6.09 Å². The highest BCUT2D eigenvalue weighted by atomic mass is 16.6. The van der Waals surface area contributed by atoms with Crippen LogP contribution in [0.15, 0.2) is 48.5 Å². The average Bonchev–Trinajstić information content (AvgIpc) is 3.21. The smallest absolute Gasteiger partial charge is 0.414 e. The Bertz CT molecular complexity index is 732. The monoisotopic (exact) mass is 335 g/mol. The first-order valence-electron chi connectivity index (χ1n) is 9.42. The van der Waals surface area contributed by atoms with E-state index in [1.807, 2.05) is 18.2 Å². The lowest BCUT2D eigenvalue weighted by Gasteiger charge is -2.28. The summed E-state index contributed by atoms with van der Waals surface area (Å²) in [7, 11) is 0. The molecule has 4 rings (SSSR count). The zero-order valence-electron chi connectivity index (χ0n) is 14.6. The molecule has 0 unspecified atom stereocenters. The van der Waals surface area contributed by atoms with E-state index in [0.717, 1.165) is 36.6 Å². The number of anilines is 1. The van der Waals surface area contributed by atoms with Crippen molar-refractivity contribution in [3.8, 4) is 0 Å². The maximum absolute atomic E-state index is 12.5. The Morgan fingerprint density at radius 3 is 2.56 bits per heavy atom. The number of hydrogen-bond acceptors (Lipinski definition) is 2. The highest BCUT2D eigenvalue weighted by molar-refractivity contribution is 5.89. The van der Waals surface area contributed by atoms with Gasteiger partial charge in [-0.3, -0.25) is 4.90 Å². The van der Waals surface area contributed by atoms with Gasteiger partial charge < -0.3 is 4.74 Å². The number of nitrogens with zero attached hydrogens (tertiary/aromatic N) is 1. The van der Waals surface area contributed by atoms with Gasteiger partial charge >= 0.3 is 6.09 Å². The fourth-order valence-electron chi connectivity index (χ4n) is 4.09. The molecule has 2 aromatic carbocycles. The van der Waals surface area contributed by atoms with E-state index in [0.29, 0.717) is 6.61 Å². The summed E-state index contributed by atoms with van der Waals surface area (Å²) in [5.74, 6) is 0.724. The van der Waals surface area contributed by atoms with Gasteiger partial charge in [-0.2, -0.15) is 0 Å². The molecule has 3 nitrogen and oxygen atoms in total. The number of ether oxygens (including phenoxy) is 1. The van der Waals surface area contributed by atoms with Crippen LogP contribution in [0.4, 0.5) is 10.5 Å². The molecule has 1 heterocycles. The number of hydrogen-bond donors (Lipinski definition) is 0. The van der Waals surface area contributed by atoms with E-state index in [9.17, 15) is 4.79 Å². The van der Waals surface area contributed by atoms with Crippen LogP contribution >= 0.6 is 0 Å². The minimum atomic E-state index is -0.244. The maximum atomic E-state index is 12.5. The molecule has 0 atom stereocenters. The van der Waals surface area contributed by atoms with Gasteiger partial charge in [0.15, 0.2) is 0 Å². The Kier molecular flexibility index (Phi) is 4.73. The third kappa shape index (κ3) is 3.55. The maximum Gasteiger partial charge on any atom is 0.414 e. The SMILES string of the molecule is O=C(OCc1ccc(C2CCCC2)cc1)N1CCCc2ccccc21. The van der Waals surface area contributed by atoms with Crippen molar-refractivity contribution in [3.63, 3.8) is 0 Å². The normalized spacial score (nSPS) is 17.4. The summed E-state index contributed by atoms with van der Waals surface area (Å²) in [6.07, 6.45) is 7.09. The number of amides is 1. The summed E-state index contributed by atoms with van der Waals surface area (Å²) in [5, 5.41) is 0. The van der Waals surface area contributed by atoms with Crippen LogP contribution in [0.5, 0.6) is 0 Å². The minimum absolute atomic E-state index is 0.244. The van der Waals surface area contributed by atoms with E-state index in [2.05, 4.69) is 30.3 Å². The van der Waals surface area contributed by atoms with E-state index >= 15 is 0 Å². The molecule has 0 spiro atoms. The summed E-state index contributed by atoms with van der Waals surface area (Å²) >= 11 is 0. The van der Waals surface area contributed by atoms with Gasteiger partial charge in [0.25, 0.3) is 0 Å². The number of para-hydroxylation sites is 1. The molecule has 0 saturated heterocycles. The van der Waals surface area contributed by atoms with Crippen LogP contribution in [0.1, 0.15) is 54.7 Å². The molecule has 0 bridgehead atoms. The Hall–Kier alpha value is -2.29. The Labute approximate surface area is 149 Å². The molecule has 1 fully saturated rings. The van der Waals surface area contributed by atoms with Gasteiger partial charge in [0.1, 0.15) is 6.61 Å². The molecule has 130 valence electrons. The number of carbonyl (C=O) groups is 1. The largest absolute Gasteiger partial charge is 0.444 e. The number of fused-ring (bicyclic) bond motifs is 1. The quantitative estimate of drug-likeness (QED) is 0.748. The first kappa shape index (κ1) is 16.2. The average molecular weight is 335 g/mol. The highest BCUT2D eigenvalue weighted by Gasteiger charge is 2.23. The topological polar surface area (TPSA) is 29.5 Å². The van der Waals surface area contributed by atoms with Crippen molar-refractivity contribution in [1.29, 1.82) is 0 Å². The molecule has 0 aromatic heterocycles. The lowest BCUT2D eigenvalue weighted by atomic mass is 9.97. The number of rotatable bonds is 3. The molecule has 0 radical (unpaired) electrons. The van der Waals surface area contributed by atoms with Crippen LogP contribution in [0.25, 0.3) is 0 Å². The number of carbonyl (C=O) groups excluding carboxylic acids is 1. The zero-order chi connectivity index (χ0) is 17.1. The van der Waals surface area contributed by atoms with Crippen molar-refractivity contribution in [1.82, 2.24) is 0 Å². The molecule has 2 aliphatic rings. The van der Waals surface area contributed by atoms with Gasteiger partial charge in [-0.25, -0.2) is 4.79 Å². The molecule has 1 aliphatic heterocycles. The van der Waals surface area contributed by atoms with Gasteiger partial charge in [-0.15, -0.1) is 0 Å². The second kappa shape index (κ2) is 7.30. The van der Waals surface area contributed by atoms with Crippen LogP contribution in [0.2, 0.25) is 0 Å². The van der Waals surface area contributed by atoms with Crippen molar-refractivity contribution >= 4 is 11.8 Å². The van der Waals surface area contributed by atoms with Crippen molar-refractivity contribution < 1.29 is 9.53 Å². The molecule has 0 N–H and O–H groups in total. The molecule has 3 heteroatoms. The molecule has 1 amide bonds. The van der Waals surface area contributed by atoms with Crippen molar-refractivity contribution in [2.75, 3.05) is 11.4 Å². The molecule has 2 aromatic rings. The molecule has 25 heavy (non-hydrogen) atoms. The zero-order valence-corrected chi connectivity index (χ0v) is 14.6. The molecule has 1 saturated carbocycles. The van der Waals surface area contributed by atoms with Gasteiger partial charge in [-0.05, 0) is 54.4 Å². The van der Waals surface area contributed by atoms with Crippen LogP contribution in [-0.2, 0) is 17.8 Å². The third-order valence-electron chi connectivity index (χ3n) is 5.50. The Balaban J connectivity index is 1.37. The van der Waals surface area contributed by atoms with Gasteiger partial charge in [-0.1, -0.05) is 55.3 Å². The van der Waals surface area contributed by atoms with Gasteiger partial charge in [0.2, 0.25) is 0 Å². The van der Waals surface area contributed by atoms with Gasteiger partial charge in [0.05, 0.1) is 5.69 Å². The fraction of sp³-hybridized carbons (Fsp3) is 0.409. The summed E-state index contributed by atoms with van der Waals surface area (Å²) in [4.78, 5) is 14.3. The second-order valence-electron chi connectivity index (χ2n) is 7.16. The van der Waals surface area contributed by atoms with Crippen LogP contribution in [-0.4, -0.2) is 12.6 Å². The summed E-state index contributed by atoms with van der Waals surface area (Å²) < 4.78 is 5.58. The van der Waals surface area contributed by atoms with E-state index < -0.39 is 0 Å². The minimum Gasteiger partial charge on any atom is -0.444 e. The first-order valence-corrected chi connectivity index (χ1v) is 9.42. The van der Waals surface area contributed by atoms with Crippen molar-refractivity contribution in [2.45, 2.75) is 51.0 Å². The summed E-state index contributed by atoms with van der Waals surface area (Å²) in [6.45, 7) is 1.07. The van der Waals surface area contributed by atoms with E-state index in [1.54, 1.807) is 4.90 Å². The number of aryl methyl sites for hydroxylation is 1. The second-order valence-corrected chi connectivity index (χ2v) is 7.16. The van der Waals surface area contributed by atoms with Crippen LogP contribution in [0, 0.1) is 0 Å². The Morgan fingerprint density at radius 1 is 1.00 bits per heavy atom. The van der Waals surface area contributed by atoms with Crippen molar-refractivity contribution in [2.24, 2.45) is 0 Å². The summed E-state index contributed by atoms with van der Waals surface area (Å²) in [6, 6.07) is 16.7. The Morgan fingerprint density at radius 2 is 1.76 bits per heavy atom. The van der Waals surface area contributed by atoms with Crippen molar-refractivity contribution in [3.05, 3.63) is 65.2 Å². The lowest BCUT2D eigenvalue weighted by Crippen LogP contribution is -2.35. The predicted octanol–water partition coefficient (Wildman–Crippen LogP) is 5.43. The van der Waals surface area contributed by atoms with Crippen LogP contribution in [0.3, 0.4) is 0 Å². The standard InChI is InChI=1S/C22H25NO2/c24-22(23-15-5-9-20-8-3-4-10-21(20)23)25-16-17-11-13-19(14-12-17)18-6-1-2-7-18/h3-4,8,10-14,18H,1-2,5-7,9,15-16H2. The summed E-state index contributed by atoms with van der Waals surface area (Å²) in [5.41, 5.74) is 4.71. The predicted molar refractivity (Wildman–Crippen MR) is 99.9 cm³/mol. The van der Waals surface area contributed by atoms with E-state index in [4.69, 9.17) is 4.74 Å². The van der Waals surface area contributed by atoms with Crippen LogP contribution < -0.4 is 4.90 Å². The third-order valence-corrected chi connectivity index (χ3v) is 5.50. The first-order chi connectivity index (χ1) is 12.3. The molecular formula is C22H25NO2. The highest BCUT2D eigenvalue weighted by Crippen LogP contribution is 2.34.